The molecule has 2 aliphatic carbocycles. The monoisotopic (exact) mass is 480 g/mol. The van der Waals surface area contributed by atoms with Gasteiger partial charge in [-0.15, -0.1) is 43.7 Å². The van der Waals surface area contributed by atoms with Gasteiger partial charge in [0.05, 0.1) is 0 Å². The summed E-state index contributed by atoms with van der Waals surface area (Å²) >= 11 is 0. The molecule has 1 unspecified atom stereocenters. The Bertz CT molecular complexity index is 640. The molecule has 9 heteroatoms. The molecule has 0 N–H and O–H groups in total. The fourth-order valence-electron chi connectivity index (χ4n) is 2.02. The molecular formula is C15H19Cl2F3O2SZr. The van der Waals surface area contributed by atoms with E-state index in [4.69, 9.17) is 0 Å². The molecule has 2 rings (SSSR count). The van der Waals surface area contributed by atoms with E-state index >= 15 is 0 Å². The maximum Gasteiger partial charge on any atom is 2.00 e. The molecule has 2 aliphatic rings. The molecule has 0 radical (unpaired) electrons. The second-order valence-electron chi connectivity index (χ2n) is 4.99. The third-order valence-corrected chi connectivity index (χ3v) is 5.79. The van der Waals surface area contributed by atoms with Gasteiger partial charge in [0.15, 0.2) is 0 Å². The molecule has 0 heterocycles. The van der Waals surface area contributed by atoms with Gasteiger partial charge >= 0.3 is 31.7 Å². The predicted molar refractivity (Wildman–Crippen MR) is 90.2 cm³/mol. The molecule has 0 saturated carbocycles. The van der Waals surface area contributed by atoms with Crippen molar-refractivity contribution >= 4 is 34.7 Å². The third kappa shape index (κ3) is 5.58. The number of alkyl halides is 3. The van der Waals surface area contributed by atoms with Gasteiger partial charge in [-0.05, 0) is 0 Å². The second kappa shape index (κ2) is 10.3. The van der Waals surface area contributed by atoms with Crippen LogP contribution in [0.15, 0.2) is 34.9 Å². The van der Waals surface area contributed by atoms with Crippen LogP contribution in [0.25, 0.3) is 0 Å². The van der Waals surface area contributed by atoms with Crippen molar-refractivity contribution in [3.05, 3.63) is 47.1 Å². The summed E-state index contributed by atoms with van der Waals surface area (Å²) in [7, 11) is -5.28. The minimum Gasteiger partial charge on any atom is -0.273 e. The van der Waals surface area contributed by atoms with E-state index in [2.05, 4.69) is 18.2 Å². The average molecular weight is 483 g/mol. The summed E-state index contributed by atoms with van der Waals surface area (Å²) < 4.78 is 58.3. The van der Waals surface area contributed by atoms with Crippen molar-refractivity contribution in [2.45, 2.75) is 44.4 Å². The van der Waals surface area contributed by atoms with E-state index in [1.807, 2.05) is 12.2 Å². The first-order valence-electron chi connectivity index (χ1n) is 6.28. The van der Waals surface area contributed by atoms with Gasteiger partial charge in [-0.3, -0.25) is 6.08 Å². The second-order valence-corrected chi connectivity index (χ2v) is 7.27. The van der Waals surface area contributed by atoms with Crippen LogP contribution >= 0.6 is 24.8 Å². The van der Waals surface area contributed by atoms with Crippen LogP contribution in [-0.2, 0) is 36.0 Å². The Labute approximate surface area is 173 Å². The Kier molecular flexibility index (Phi) is 12.5. The molecule has 24 heavy (non-hydrogen) atoms. The van der Waals surface area contributed by atoms with Gasteiger partial charge in [0.25, 0.3) is 0 Å². The van der Waals surface area contributed by atoms with E-state index in [1.54, 1.807) is 13.8 Å². The summed E-state index contributed by atoms with van der Waals surface area (Å²) in [5.41, 5.74) is -4.08. The van der Waals surface area contributed by atoms with E-state index in [0.29, 0.717) is 11.1 Å². The van der Waals surface area contributed by atoms with Gasteiger partial charge in [0.2, 0.25) is 9.84 Å². The molecule has 0 aromatic rings. The van der Waals surface area contributed by atoms with Crippen LogP contribution in [0, 0.1) is 12.2 Å². The van der Waals surface area contributed by atoms with Crippen LogP contribution < -0.4 is 0 Å². The molecule has 0 aliphatic heterocycles. The molecule has 2 nitrogen and oxygen atoms in total. The van der Waals surface area contributed by atoms with Crippen molar-refractivity contribution in [2.75, 3.05) is 0 Å². The Morgan fingerprint density at radius 3 is 1.88 bits per heavy atom. The minimum absolute atomic E-state index is 0. The summed E-state index contributed by atoms with van der Waals surface area (Å²) in [5.74, 6) is 0. The molecule has 0 aromatic heterocycles. The van der Waals surface area contributed by atoms with Gasteiger partial charge in [-0.2, -0.15) is 24.8 Å². The fourth-order valence-corrected chi connectivity index (χ4v) is 3.33. The molecule has 0 amide bonds. The third-order valence-electron chi connectivity index (χ3n) is 3.69. The van der Waals surface area contributed by atoms with Crippen molar-refractivity contribution in [3.8, 4) is 0 Å². The van der Waals surface area contributed by atoms with Crippen molar-refractivity contribution in [3.63, 3.8) is 0 Å². The smallest absolute Gasteiger partial charge is 0.273 e. The number of allylic oxidation sites excluding steroid dienone is 6. The van der Waals surface area contributed by atoms with Gasteiger partial charge in [0.1, 0.15) is 0 Å². The quantitative estimate of drug-likeness (QED) is 0.497. The summed E-state index contributed by atoms with van der Waals surface area (Å²) in [6.07, 6.45) is 12.4. The minimum atomic E-state index is -5.28. The van der Waals surface area contributed by atoms with Crippen molar-refractivity contribution in [2.24, 2.45) is 0 Å². The SMILES string of the molecule is CC1=[C-]C(C)(S(=O)(=O)C(F)(F)F)C(C)=C1C.Cl.Cl.[C-]1=CC=CC1.[Zr+2]. The van der Waals surface area contributed by atoms with Crippen LogP contribution in [0.1, 0.15) is 34.1 Å². The van der Waals surface area contributed by atoms with E-state index in [0.717, 1.165) is 13.3 Å². The molecule has 0 bridgehead atoms. The number of hydrogen-bond donors (Lipinski definition) is 0. The molecular weight excluding hydrogens is 463 g/mol. The molecule has 0 spiro atoms. The average Bonchev–Trinajstić information content (AvgIpc) is 2.98. The molecule has 136 valence electrons. The maximum absolute atomic E-state index is 12.5. The number of halogens is 5. The first kappa shape index (κ1) is 28.9. The van der Waals surface area contributed by atoms with Crippen LogP contribution in [0.5, 0.6) is 0 Å². The van der Waals surface area contributed by atoms with Crippen LogP contribution in [0.2, 0.25) is 0 Å². The van der Waals surface area contributed by atoms with E-state index in [1.165, 1.54) is 6.92 Å². The maximum atomic E-state index is 12.5. The van der Waals surface area contributed by atoms with Gasteiger partial charge in [-0.25, -0.2) is 32.2 Å². The zero-order valence-corrected chi connectivity index (χ0v) is 18.5. The van der Waals surface area contributed by atoms with Crippen LogP contribution in [0.4, 0.5) is 13.2 Å². The largest absolute Gasteiger partial charge is 2.00 e. The summed E-state index contributed by atoms with van der Waals surface area (Å²) in [5, 5.41) is 0. The van der Waals surface area contributed by atoms with E-state index in [9.17, 15) is 21.6 Å². The van der Waals surface area contributed by atoms with E-state index in [-0.39, 0.29) is 56.6 Å². The zero-order chi connectivity index (χ0) is 16.5. The first-order valence-corrected chi connectivity index (χ1v) is 7.76. The van der Waals surface area contributed by atoms with Gasteiger partial charge < -0.3 is 0 Å². The number of hydrogen-bond acceptors (Lipinski definition) is 2. The van der Waals surface area contributed by atoms with Crippen molar-refractivity contribution in [1.82, 2.24) is 0 Å². The number of sulfone groups is 1. The van der Waals surface area contributed by atoms with Gasteiger partial charge in [-0.1, -0.05) is 20.8 Å². The zero-order valence-electron chi connectivity index (χ0n) is 13.6. The van der Waals surface area contributed by atoms with Crippen LogP contribution in [0.3, 0.4) is 0 Å². The summed E-state index contributed by atoms with van der Waals surface area (Å²) in [4.78, 5) is 0. The Balaban J connectivity index is -0.000000475. The van der Waals surface area contributed by atoms with Crippen molar-refractivity contribution < 1.29 is 47.8 Å². The fraction of sp³-hybridized carbons (Fsp3) is 0.467. The Morgan fingerprint density at radius 2 is 1.67 bits per heavy atom. The van der Waals surface area contributed by atoms with Crippen molar-refractivity contribution in [1.29, 1.82) is 0 Å². The van der Waals surface area contributed by atoms with Crippen LogP contribution in [-0.4, -0.2) is 18.7 Å². The first-order chi connectivity index (χ1) is 9.45. The summed E-state index contributed by atoms with van der Waals surface area (Å²) in [6.45, 7) is 5.57. The molecule has 1 atom stereocenters. The van der Waals surface area contributed by atoms with E-state index < -0.39 is 20.1 Å². The van der Waals surface area contributed by atoms with Gasteiger partial charge in [0, 0.05) is 4.75 Å². The predicted octanol–water partition coefficient (Wildman–Crippen LogP) is 4.93. The number of rotatable bonds is 1. The molecule has 0 saturated heterocycles. The Morgan fingerprint density at radius 1 is 1.17 bits per heavy atom. The summed E-state index contributed by atoms with van der Waals surface area (Å²) in [6, 6.07) is 0. The topological polar surface area (TPSA) is 34.1 Å². The molecule has 0 aromatic carbocycles. The molecule has 0 fully saturated rings. The standard InChI is InChI=1S/C10H12F3O2S.C5H5.2ClH.Zr/c1-6-5-9(4,8(3)7(6)2)16(14,15)10(11,12)13;1-2-4-5-3-1;;;/h1-4H3;1-3H,4H2;2*1H;/q2*-1;;;+2. The Hall–Kier alpha value is 0.163. The normalized spacial score (nSPS) is 21.9.